The SMILES string of the molecule is CC[C@H]1OC(=O)[C@H](C)[C@@H](O[C@H]2C[C@@](C)(OC)[C@@H](O)[C@H](C)O2)[C@H](C)[C@@H](O[C@@H]2O[C@H](C)C[C@H](N(C)CCC(C)(C)C)[C@H]2O)[C@](C)(OC)C[C@@H](C)C(=O)[C@H](O)[C@@H](OC/C=C/c2cnc3ccccc3c2)[C@]1(C)O. The molecular weight excluding hydrogens is 901 g/mol. The fraction of sp³-hybridized carbons (Fsp3) is 0.759. The maximum Gasteiger partial charge on any atom is 0.311 e. The molecule has 1 aromatic heterocycles. The van der Waals surface area contributed by atoms with Crippen LogP contribution in [0, 0.1) is 23.2 Å². The van der Waals surface area contributed by atoms with E-state index in [-0.39, 0.29) is 43.4 Å². The maximum absolute atomic E-state index is 14.8. The molecular formula is C54H86N2O14. The second kappa shape index (κ2) is 23.9. The summed E-state index contributed by atoms with van der Waals surface area (Å²) in [6.07, 6.45) is -5.37. The molecule has 1 aromatic carbocycles. The topological polar surface area (TPSA) is 205 Å². The molecule has 16 nitrogen and oxygen atoms in total. The summed E-state index contributed by atoms with van der Waals surface area (Å²) in [5, 5.41) is 48.8. The number of ketones is 1. The number of ether oxygens (including phenoxy) is 8. The fourth-order valence-corrected chi connectivity index (χ4v) is 10.6. The van der Waals surface area contributed by atoms with Crippen LogP contribution in [0.3, 0.4) is 0 Å². The van der Waals surface area contributed by atoms with Crippen LogP contribution in [0.5, 0.6) is 0 Å². The Morgan fingerprint density at radius 3 is 2.24 bits per heavy atom. The number of rotatable bonds is 14. The summed E-state index contributed by atoms with van der Waals surface area (Å²) in [6.45, 7) is 22.6. The quantitative estimate of drug-likeness (QED) is 0.154. The van der Waals surface area contributed by atoms with Crippen LogP contribution in [0.2, 0.25) is 0 Å². The first kappa shape index (κ1) is 57.9. The smallest absolute Gasteiger partial charge is 0.311 e. The van der Waals surface area contributed by atoms with Crippen LogP contribution < -0.4 is 0 Å². The number of aliphatic hydroxyl groups excluding tert-OH is 3. The second-order valence-electron chi connectivity index (χ2n) is 22.3. The van der Waals surface area contributed by atoms with E-state index in [9.17, 15) is 30.0 Å². The van der Waals surface area contributed by atoms with E-state index in [0.29, 0.717) is 6.42 Å². The van der Waals surface area contributed by atoms with Gasteiger partial charge in [0.15, 0.2) is 18.4 Å². The highest BCUT2D eigenvalue weighted by atomic mass is 16.7. The first-order valence-electron chi connectivity index (χ1n) is 25.3. The summed E-state index contributed by atoms with van der Waals surface area (Å²) in [5.41, 5.74) is -2.86. The maximum atomic E-state index is 14.8. The van der Waals surface area contributed by atoms with Gasteiger partial charge in [-0.25, -0.2) is 0 Å². The summed E-state index contributed by atoms with van der Waals surface area (Å²) in [5.74, 6) is -4.21. The molecule has 0 bridgehead atoms. The van der Waals surface area contributed by atoms with Crippen LogP contribution in [0.25, 0.3) is 17.0 Å². The van der Waals surface area contributed by atoms with Crippen LogP contribution in [0.4, 0.5) is 0 Å². The van der Waals surface area contributed by atoms with Crippen LogP contribution >= 0.6 is 0 Å². The van der Waals surface area contributed by atoms with Gasteiger partial charge in [-0.05, 0) is 104 Å². The predicted molar refractivity (Wildman–Crippen MR) is 265 cm³/mol. The number of hydrogen-bond acceptors (Lipinski definition) is 16. The van der Waals surface area contributed by atoms with Crippen LogP contribution in [0.1, 0.15) is 121 Å². The van der Waals surface area contributed by atoms with E-state index >= 15 is 0 Å². The van der Waals surface area contributed by atoms with Crippen molar-refractivity contribution in [1.82, 2.24) is 9.88 Å². The Balaban J connectivity index is 1.57. The number of fused-ring (bicyclic) bond motifs is 1. The molecule has 3 saturated heterocycles. The van der Waals surface area contributed by atoms with Gasteiger partial charge in [0.2, 0.25) is 0 Å². The Hall–Kier alpha value is -2.97. The molecule has 16 heteroatoms. The molecule has 4 N–H and O–H groups in total. The Bertz CT molecular complexity index is 2050. The average molecular weight is 987 g/mol. The number of cyclic esters (lactones) is 1. The number of carbonyl (C=O) groups is 2. The minimum absolute atomic E-state index is 0.0287. The molecule has 70 heavy (non-hydrogen) atoms. The standard InChI is InChI=1S/C54H86N2O14/c1-16-40-54(12,62)48(65-25-19-20-36-27-37-21-17-18-22-38(37)55-30-36)44(59)42(57)31(2)28-53(11,64-15)47(70-50-43(58)39(26-32(3)66-50)56(13)24-23-51(7,8)9)33(4)45(34(5)49(61)68-40)69-41-29-52(10,63-14)46(60)35(6)67-41/h17-22,27,30-35,39-41,43-48,50,58-60,62H,16,23-26,28-29H2,1-15H3/b20-19+/t31-,32-,33+,34-,35+,39+,40-,41+,43-,44+,45+,46+,47-,48-,50+,52-,53-,54-/m1/s1. The number of para-hydroxylation sites is 1. The van der Waals surface area contributed by atoms with Crippen LogP contribution in [0.15, 0.2) is 42.6 Å². The molecule has 0 saturated carbocycles. The molecule has 0 radical (unpaired) electrons. The molecule has 0 aliphatic carbocycles. The number of aliphatic hydroxyl groups is 4. The minimum atomic E-state index is -2.10. The monoisotopic (exact) mass is 987 g/mol. The Labute approximate surface area is 416 Å². The molecule has 3 fully saturated rings. The molecule has 18 atom stereocenters. The van der Waals surface area contributed by atoms with E-state index in [4.69, 9.17) is 37.9 Å². The van der Waals surface area contributed by atoms with E-state index in [1.165, 1.54) is 21.1 Å². The normalized spacial score (nSPS) is 39.9. The lowest BCUT2D eigenvalue weighted by molar-refractivity contribution is -0.319. The van der Waals surface area contributed by atoms with E-state index in [1.54, 1.807) is 59.9 Å². The van der Waals surface area contributed by atoms with Gasteiger partial charge in [0.1, 0.15) is 36.1 Å². The fourth-order valence-electron chi connectivity index (χ4n) is 10.6. The molecule has 3 aliphatic heterocycles. The number of carbonyl (C=O) groups excluding carboxylic acids is 2. The third-order valence-corrected chi connectivity index (χ3v) is 15.3. The first-order valence-corrected chi connectivity index (χ1v) is 25.3. The van der Waals surface area contributed by atoms with Crippen molar-refractivity contribution in [2.75, 3.05) is 34.4 Å². The van der Waals surface area contributed by atoms with Gasteiger partial charge in [-0.3, -0.25) is 14.6 Å². The number of methoxy groups -OCH3 is 2. The zero-order valence-corrected chi connectivity index (χ0v) is 44.5. The van der Waals surface area contributed by atoms with Crippen molar-refractivity contribution in [2.24, 2.45) is 23.2 Å². The van der Waals surface area contributed by atoms with E-state index in [0.717, 1.165) is 29.4 Å². The predicted octanol–water partition coefficient (Wildman–Crippen LogP) is 6.26. The van der Waals surface area contributed by atoms with Gasteiger partial charge in [0, 0.05) is 50.1 Å². The minimum Gasteiger partial charge on any atom is -0.459 e. The van der Waals surface area contributed by atoms with E-state index in [2.05, 4.69) is 30.7 Å². The molecule has 2 aromatic rings. The average Bonchev–Trinajstić information content (AvgIpc) is 3.31. The Morgan fingerprint density at radius 2 is 1.60 bits per heavy atom. The number of aromatic nitrogens is 1. The van der Waals surface area contributed by atoms with E-state index in [1.807, 2.05) is 51.2 Å². The highest BCUT2D eigenvalue weighted by Crippen LogP contribution is 2.42. The summed E-state index contributed by atoms with van der Waals surface area (Å²) in [7, 11) is 4.99. The number of Topliss-reactive ketones (excluding diaryl/α,β-unsaturated/α-hetero) is 1. The summed E-state index contributed by atoms with van der Waals surface area (Å²) in [4.78, 5) is 36.1. The van der Waals surface area contributed by atoms with Gasteiger partial charge in [0.25, 0.3) is 0 Å². The van der Waals surface area contributed by atoms with Gasteiger partial charge < -0.3 is 63.2 Å². The summed E-state index contributed by atoms with van der Waals surface area (Å²) < 4.78 is 51.4. The van der Waals surface area contributed by atoms with Gasteiger partial charge in [-0.15, -0.1) is 0 Å². The zero-order valence-electron chi connectivity index (χ0n) is 44.5. The molecule has 0 amide bonds. The molecule has 3 aliphatic rings. The van der Waals surface area contributed by atoms with Crippen molar-refractivity contribution in [3.05, 3.63) is 48.2 Å². The molecule has 4 heterocycles. The van der Waals surface area contributed by atoms with Crippen LogP contribution in [-0.2, 0) is 47.5 Å². The lowest BCUT2D eigenvalue weighted by atomic mass is 9.75. The Morgan fingerprint density at radius 1 is 0.929 bits per heavy atom. The molecule has 396 valence electrons. The third kappa shape index (κ3) is 13.6. The van der Waals surface area contributed by atoms with Gasteiger partial charge in [-0.1, -0.05) is 71.9 Å². The third-order valence-electron chi connectivity index (χ3n) is 15.3. The van der Waals surface area contributed by atoms with Crippen molar-refractivity contribution < 1.29 is 67.9 Å². The number of hydrogen-bond donors (Lipinski definition) is 4. The number of nitrogens with zero attached hydrogens (tertiary/aromatic N) is 2. The van der Waals surface area contributed by atoms with Gasteiger partial charge in [0.05, 0.1) is 53.7 Å². The molecule has 0 unspecified atom stereocenters. The summed E-state index contributed by atoms with van der Waals surface area (Å²) >= 11 is 0. The van der Waals surface area contributed by atoms with Crippen molar-refractivity contribution >= 4 is 28.7 Å². The lowest BCUT2D eigenvalue weighted by Gasteiger charge is -2.50. The molecule has 0 spiro atoms. The highest BCUT2D eigenvalue weighted by molar-refractivity contribution is 5.86. The number of esters is 1. The van der Waals surface area contributed by atoms with Crippen LogP contribution in [-0.4, -0.2) is 167 Å². The second-order valence-corrected chi connectivity index (χ2v) is 22.3. The van der Waals surface area contributed by atoms with Crippen molar-refractivity contribution in [3.63, 3.8) is 0 Å². The number of pyridine rings is 1. The highest BCUT2D eigenvalue weighted by Gasteiger charge is 2.55. The van der Waals surface area contributed by atoms with E-state index < -0.39 is 108 Å². The van der Waals surface area contributed by atoms with Gasteiger partial charge >= 0.3 is 5.97 Å². The van der Waals surface area contributed by atoms with Crippen molar-refractivity contribution in [3.8, 4) is 0 Å². The van der Waals surface area contributed by atoms with Crippen molar-refractivity contribution in [2.45, 2.75) is 206 Å². The largest absolute Gasteiger partial charge is 0.459 e. The number of likely N-dealkylation sites (N-methyl/N-ethyl adjacent to an activating group) is 1. The Kier molecular flexibility index (Phi) is 19.8. The van der Waals surface area contributed by atoms with Gasteiger partial charge in [-0.2, -0.15) is 0 Å². The number of benzene rings is 1. The first-order chi connectivity index (χ1) is 32.7. The lowest BCUT2D eigenvalue weighted by Crippen LogP contribution is -2.62. The van der Waals surface area contributed by atoms with Crippen molar-refractivity contribution in [1.29, 1.82) is 0 Å². The zero-order chi connectivity index (χ0) is 52.1. The molecule has 5 rings (SSSR count). The summed E-state index contributed by atoms with van der Waals surface area (Å²) in [6, 6.07) is 9.36.